The molecule has 1 aromatic rings. The molecule has 19 heavy (non-hydrogen) atoms. The molecule has 106 valence electrons. The summed E-state index contributed by atoms with van der Waals surface area (Å²) < 4.78 is 14.3. The molecule has 1 aliphatic rings. The Kier molecular flexibility index (Phi) is 5.77. The van der Waals surface area contributed by atoms with Crippen LogP contribution in [0.3, 0.4) is 0 Å². The number of hydrogen-bond donors (Lipinski definition) is 2. The number of amides is 1. The molecule has 3 nitrogen and oxygen atoms in total. The Morgan fingerprint density at radius 3 is 2.79 bits per heavy atom. The first kappa shape index (κ1) is 16.4. The predicted octanol–water partition coefficient (Wildman–Crippen LogP) is 3.48. The SMILES string of the molecule is CC1(C(=O)Nc2ccc(Br)cc2F)CCCCN1.Cl. The summed E-state index contributed by atoms with van der Waals surface area (Å²) in [6.07, 6.45) is 2.87. The summed E-state index contributed by atoms with van der Waals surface area (Å²) in [5, 5.41) is 5.85. The molecule has 1 atom stereocenters. The normalized spacial score (nSPS) is 22.5. The van der Waals surface area contributed by atoms with E-state index >= 15 is 0 Å². The number of rotatable bonds is 2. The molecule has 1 aromatic carbocycles. The Morgan fingerprint density at radius 2 is 2.21 bits per heavy atom. The number of carbonyl (C=O) groups is 1. The van der Waals surface area contributed by atoms with Gasteiger partial charge in [0.15, 0.2) is 0 Å². The Hall–Kier alpha value is -0.650. The van der Waals surface area contributed by atoms with Gasteiger partial charge in [-0.1, -0.05) is 15.9 Å². The number of halogens is 3. The van der Waals surface area contributed by atoms with Crippen molar-refractivity contribution < 1.29 is 9.18 Å². The summed E-state index contributed by atoms with van der Waals surface area (Å²) in [6, 6.07) is 4.60. The summed E-state index contributed by atoms with van der Waals surface area (Å²) in [5.41, 5.74) is -0.380. The maximum Gasteiger partial charge on any atom is 0.244 e. The van der Waals surface area contributed by atoms with Crippen LogP contribution in [0.5, 0.6) is 0 Å². The molecular weight excluding hydrogens is 335 g/mol. The van der Waals surface area contributed by atoms with Crippen LogP contribution in [0.4, 0.5) is 10.1 Å². The van der Waals surface area contributed by atoms with Gasteiger partial charge in [-0.2, -0.15) is 0 Å². The van der Waals surface area contributed by atoms with Crippen molar-refractivity contribution in [3.8, 4) is 0 Å². The first-order valence-electron chi connectivity index (χ1n) is 6.03. The highest BCUT2D eigenvalue weighted by molar-refractivity contribution is 9.10. The molecule has 2 rings (SSSR count). The molecule has 0 aromatic heterocycles. The standard InChI is InChI=1S/C13H16BrFN2O.ClH/c1-13(6-2-3-7-16-13)12(18)17-11-5-4-9(14)8-10(11)15;/h4-5,8,16H,2-3,6-7H2,1H3,(H,17,18);1H. The van der Waals surface area contributed by atoms with Crippen molar-refractivity contribution >= 4 is 39.9 Å². The van der Waals surface area contributed by atoms with Crippen molar-refractivity contribution in [2.45, 2.75) is 31.7 Å². The minimum Gasteiger partial charge on any atom is -0.322 e. The second-order valence-electron chi connectivity index (χ2n) is 4.79. The fourth-order valence-corrected chi connectivity index (χ4v) is 2.43. The highest BCUT2D eigenvalue weighted by Crippen LogP contribution is 2.23. The van der Waals surface area contributed by atoms with Crippen LogP contribution in [-0.2, 0) is 4.79 Å². The van der Waals surface area contributed by atoms with Crippen molar-refractivity contribution in [2.24, 2.45) is 0 Å². The molecule has 6 heteroatoms. The van der Waals surface area contributed by atoms with Crippen LogP contribution in [0.1, 0.15) is 26.2 Å². The maximum absolute atomic E-state index is 13.6. The van der Waals surface area contributed by atoms with Crippen LogP contribution in [0.2, 0.25) is 0 Å². The minimum atomic E-state index is -0.599. The second-order valence-corrected chi connectivity index (χ2v) is 5.71. The van der Waals surface area contributed by atoms with Gasteiger partial charge in [-0.25, -0.2) is 4.39 Å². The predicted molar refractivity (Wildman–Crippen MR) is 80.2 cm³/mol. The van der Waals surface area contributed by atoms with Gasteiger partial charge in [-0.3, -0.25) is 4.79 Å². The van der Waals surface area contributed by atoms with E-state index < -0.39 is 11.4 Å². The lowest BCUT2D eigenvalue weighted by Crippen LogP contribution is -2.54. The van der Waals surface area contributed by atoms with Crippen LogP contribution < -0.4 is 10.6 Å². The monoisotopic (exact) mass is 350 g/mol. The third-order valence-corrected chi connectivity index (χ3v) is 3.79. The van der Waals surface area contributed by atoms with Crippen molar-refractivity contribution in [3.05, 3.63) is 28.5 Å². The van der Waals surface area contributed by atoms with E-state index in [4.69, 9.17) is 0 Å². The highest BCUT2D eigenvalue weighted by atomic mass is 79.9. The molecule has 0 radical (unpaired) electrons. The molecule has 2 N–H and O–H groups in total. The van der Waals surface area contributed by atoms with E-state index in [1.165, 1.54) is 6.07 Å². The minimum absolute atomic E-state index is 0. The van der Waals surface area contributed by atoms with Crippen molar-refractivity contribution in [2.75, 3.05) is 11.9 Å². The molecular formula is C13H17BrClFN2O. The van der Waals surface area contributed by atoms with Crippen molar-refractivity contribution in [3.63, 3.8) is 0 Å². The number of piperidine rings is 1. The molecule has 1 aliphatic heterocycles. The lowest BCUT2D eigenvalue weighted by molar-refractivity contribution is -0.122. The molecule has 1 amide bonds. The quantitative estimate of drug-likeness (QED) is 0.856. The molecule has 0 bridgehead atoms. The van der Waals surface area contributed by atoms with Crippen LogP contribution >= 0.6 is 28.3 Å². The van der Waals surface area contributed by atoms with Gasteiger partial charge >= 0.3 is 0 Å². The topological polar surface area (TPSA) is 41.1 Å². The van der Waals surface area contributed by atoms with Crippen LogP contribution in [0.25, 0.3) is 0 Å². The largest absolute Gasteiger partial charge is 0.322 e. The Balaban J connectivity index is 0.00000180. The Bertz CT molecular complexity index is 464. The lowest BCUT2D eigenvalue weighted by Gasteiger charge is -2.33. The van der Waals surface area contributed by atoms with Gasteiger partial charge in [0.05, 0.1) is 11.2 Å². The zero-order valence-corrected chi connectivity index (χ0v) is 13.0. The van der Waals surface area contributed by atoms with E-state index in [0.717, 1.165) is 25.8 Å². The summed E-state index contributed by atoms with van der Waals surface area (Å²) in [4.78, 5) is 12.2. The fourth-order valence-electron chi connectivity index (χ4n) is 2.10. The maximum atomic E-state index is 13.6. The van der Waals surface area contributed by atoms with Gasteiger partial charge in [-0.05, 0) is 50.9 Å². The van der Waals surface area contributed by atoms with Crippen LogP contribution in [0.15, 0.2) is 22.7 Å². The lowest BCUT2D eigenvalue weighted by atomic mass is 9.90. The zero-order valence-electron chi connectivity index (χ0n) is 10.6. The molecule has 1 heterocycles. The third-order valence-electron chi connectivity index (χ3n) is 3.30. The Morgan fingerprint density at radius 1 is 1.47 bits per heavy atom. The fraction of sp³-hybridized carbons (Fsp3) is 0.462. The molecule has 1 unspecified atom stereocenters. The molecule has 0 saturated carbocycles. The molecule has 1 fully saturated rings. The van der Waals surface area contributed by atoms with Crippen molar-refractivity contribution in [1.29, 1.82) is 0 Å². The van der Waals surface area contributed by atoms with E-state index in [-0.39, 0.29) is 24.0 Å². The summed E-state index contributed by atoms with van der Waals surface area (Å²) in [5.74, 6) is -0.611. The van der Waals surface area contributed by atoms with Gasteiger partial charge < -0.3 is 10.6 Å². The van der Waals surface area contributed by atoms with E-state index in [1.807, 2.05) is 6.92 Å². The van der Waals surface area contributed by atoms with Crippen LogP contribution in [0, 0.1) is 5.82 Å². The van der Waals surface area contributed by atoms with E-state index in [2.05, 4.69) is 26.6 Å². The molecule has 1 saturated heterocycles. The zero-order chi connectivity index (χ0) is 13.2. The number of nitrogens with one attached hydrogen (secondary N) is 2. The highest BCUT2D eigenvalue weighted by Gasteiger charge is 2.34. The molecule has 0 spiro atoms. The van der Waals surface area contributed by atoms with E-state index in [1.54, 1.807) is 12.1 Å². The van der Waals surface area contributed by atoms with Gasteiger partial charge in [0.2, 0.25) is 5.91 Å². The van der Waals surface area contributed by atoms with E-state index in [0.29, 0.717) is 4.47 Å². The van der Waals surface area contributed by atoms with Gasteiger partial charge in [0.25, 0.3) is 0 Å². The van der Waals surface area contributed by atoms with Crippen LogP contribution in [-0.4, -0.2) is 18.0 Å². The summed E-state index contributed by atoms with van der Waals surface area (Å²) in [7, 11) is 0. The van der Waals surface area contributed by atoms with Gasteiger partial charge in [-0.15, -0.1) is 12.4 Å². The number of carbonyl (C=O) groups excluding carboxylic acids is 1. The van der Waals surface area contributed by atoms with Gasteiger partial charge in [0.1, 0.15) is 5.82 Å². The smallest absolute Gasteiger partial charge is 0.244 e. The average Bonchev–Trinajstić information content (AvgIpc) is 2.33. The second kappa shape index (κ2) is 6.68. The third kappa shape index (κ3) is 3.91. The van der Waals surface area contributed by atoms with Crippen molar-refractivity contribution in [1.82, 2.24) is 5.32 Å². The van der Waals surface area contributed by atoms with Gasteiger partial charge in [0, 0.05) is 4.47 Å². The Labute approximate surface area is 126 Å². The average molecular weight is 352 g/mol. The first-order chi connectivity index (χ1) is 8.51. The number of benzene rings is 1. The summed E-state index contributed by atoms with van der Waals surface area (Å²) >= 11 is 3.18. The molecule has 0 aliphatic carbocycles. The first-order valence-corrected chi connectivity index (χ1v) is 6.82. The van der Waals surface area contributed by atoms with E-state index in [9.17, 15) is 9.18 Å². The number of hydrogen-bond acceptors (Lipinski definition) is 2. The number of anilines is 1. The summed E-state index contributed by atoms with van der Waals surface area (Å²) in [6.45, 7) is 2.69.